The number of carbonyl (C=O) groups is 2. The van der Waals surface area contributed by atoms with Gasteiger partial charge in [0.05, 0.1) is 11.9 Å². The van der Waals surface area contributed by atoms with Crippen molar-refractivity contribution in [1.82, 2.24) is 10.2 Å². The molecule has 32 heavy (non-hydrogen) atoms. The molecule has 174 valence electrons. The maximum absolute atomic E-state index is 13.4. The van der Waals surface area contributed by atoms with Crippen LogP contribution < -0.4 is 9.62 Å². The first-order valence-electron chi connectivity index (χ1n) is 10.4. The van der Waals surface area contributed by atoms with Gasteiger partial charge in [-0.2, -0.15) is 0 Å². The first-order chi connectivity index (χ1) is 15.1. The van der Waals surface area contributed by atoms with Crippen molar-refractivity contribution in [2.45, 2.75) is 39.8 Å². The fourth-order valence-corrected chi connectivity index (χ4v) is 4.29. The number of halogens is 1. The molecule has 9 heteroatoms. The third kappa shape index (κ3) is 6.78. The number of carbonyl (C=O) groups excluding carboxylic acids is 2. The van der Waals surface area contributed by atoms with Crippen LogP contribution in [0.4, 0.5) is 10.1 Å². The van der Waals surface area contributed by atoms with Gasteiger partial charge in [0.1, 0.15) is 18.4 Å². The number of hydrogen-bond acceptors (Lipinski definition) is 4. The lowest BCUT2D eigenvalue weighted by molar-refractivity contribution is -0.140. The molecule has 0 aromatic heterocycles. The zero-order valence-corrected chi connectivity index (χ0v) is 19.7. The Labute approximate surface area is 189 Å². The molecule has 0 saturated carbocycles. The molecule has 0 fully saturated rings. The third-order valence-electron chi connectivity index (χ3n) is 4.97. The SMILES string of the molecule is CCNC(=O)C(CC)N(Cc1cccc(C)c1)C(=O)CN(c1ccc(F)cc1)S(C)(=O)=O. The van der Waals surface area contributed by atoms with E-state index in [2.05, 4.69) is 5.32 Å². The Bertz CT molecular complexity index is 1040. The van der Waals surface area contributed by atoms with Crippen LogP contribution in [-0.4, -0.2) is 50.5 Å². The van der Waals surface area contributed by atoms with Gasteiger partial charge in [0.2, 0.25) is 21.8 Å². The number of amides is 2. The molecule has 0 aliphatic rings. The van der Waals surface area contributed by atoms with Gasteiger partial charge in [-0.3, -0.25) is 13.9 Å². The Morgan fingerprint density at radius 3 is 2.28 bits per heavy atom. The summed E-state index contributed by atoms with van der Waals surface area (Å²) in [7, 11) is -3.84. The molecule has 0 saturated heterocycles. The summed E-state index contributed by atoms with van der Waals surface area (Å²) in [5.74, 6) is -1.35. The first kappa shape index (κ1) is 25.3. The molecule has 0 aliphatic heterocycles. The van der Waals surface area contributed by atoms with Crippen LogP contribution in [0.2, 0.25) is 0 Å². The Morgan fingerprint density at radius 2 is 1.75 bits per heavy atom. The number of hydrogen-bond donors (Lipinski definition) is 1. The van der Waals surface area contributed by atoms with Crippen LogP contribution in [0.5, 0.6) is 0 Å². The van der Waals surface area contributed by atoms with Crippen LogP contribution in [0.15, 0.2) is 48.5 Å². The molecular weight excluding hydrogens is 433 g/mol. The molecule has 0 bridgehead atoms. The standard InChI is InChI=1S/C23H30FN3O4S/c1-5-21(23(29)25-6-2)26(15-18-9-7-8-17(3)14-18)22(28)16-27(32(4,30)31)20-12-10-19(24)11-13-20/h7-14,21H,5-6,15-16H2,1-4H3,(H,25,29). The number of rotatable bonds is 10. The monoisotopic (exact) mass is 463 g/mol. The number of nitrogens with one attached hydrogen (secondary N) is 1. The van der Waals surface area contributed by atoms with E-state index in [1.54, 1.807) is 13.8 Å². The van der Waals surface area contributed by atoms with Gasteiger partial charge in [-0.15, -0.1) is 0 Å². The summed E-state index contributed by atoms with van der Waals surface area (Å²) < 4.78 is 39.1. The predicted octanol–water partition coefficient (Wildman–Crippen LogP) is 2.84. The summed E-state index contributed by atoms with van der Waals surface area (Å²) >= 11 is 0. The topological polar surface area (TPSA) is 86.8 Å². The molecule has 1 unspecified atom stereocenters. The molecule has 7 nitrogen and oxygen atoms in total. The Balaban J connectivity index is 2.42. The van der Waals surface area contributed by atoms with Crippen molar-refractivity contribution in [3.8, 4) is 0 Å². The van der Waals surface area contributed by atoms with E-state index in [4.69, 9.17) is 0 Å². The summed E-state index contributed by atoms with van der Waals surface area (Å²) in [6.07, 6.45) is 1.34. The zero-order chi connectivity index (χ0) is 23.9. The van der Waals surface area contributed by atoms with Gasteiger partial charge in [-0.25, -0.2) is 12.8 Å². The molecule has 2 aromatic rings. The quantitative estimate of drug-likeness (QED) is 0.587. The summed E-state index contributed by atoms with van der Waals surface area (Å²) in [5, 5.41) is 2.74. The smallest absolute Gasteiger partial charge is 0.244 e. The van der Waals surface area contributed by atoms with E-state index < -0.39 is 34.3 Å². The number of sulfonamides is 1. The van der Waals surface area contributed by atoms with E-state index in [0.29, 0.717) is 13.0 Å². The fourth-order valence-electron chi connectivity index (χ4n) is 3.44. The molecule has 2 aromatic carbocycles. The minimum atomic E-state index is -3.84. The maximum Gasteiger partial charge on any atom is 0.244 e. The minimum Gasteiger partial charge on any atom is -0.355 e. The summed E-state index contributed by atoms with van der Waals surface area (Å²) in [4.78, 5) is 27.5. The van der Waals surface area contributed by atoms with Crippen LogP contribution in [0, 0.1) is 12.7 Å². The molecule has 1 N–H and O–H groups in total. The maximum atomic E-state index is 13.4. The first-order valence-corrected chi connectivity index (χ1v) is 12.3. The molecule has 2 rings (SSSR count). The number of aryl methyl sites for hydroxylation is 1. The highest BCUT2D eigenvalue weighted by Gasteiger charge is 2.31. The average molecular weight is 464 g/mol. The van der Waals surface area contributed by atoms with Crippen LogP contribution in [0.3, 0.4) is 0 Å². The number of anilines is 1. The summed E-state index contributed by atoms with van der Waals surface area (Å²) in [5.41, 5.74) is 2.00. The van der Waals surface area contributed by atoms with Crippen LogP contribution in [0.1, 0.15) is 31.4 Å². The molecule has 1 atom stereocenters. The minimum absolute atomic E-state index is 0.150. The van der Waals surface area contributed by atoms with Gasteiger partial charge < -0.3 is 10.2 Å². The van der Waals surface area contributed by atoms with E-state index >= 15 is 0 Å². The Kier molecular flexibility index (Phi) is 8.77. The molecule has 0 radical (unpaired) electrons. The number of benzene rings is 2. The van der Waals surface area contributed by atoms with Crippen molar-refractivity contribution in [1.29, 1.82) is 0 Å². The molecule has 2 amide bonds. The number of likely N-dealkylation sites (N-methyl/N-ethyl adjacent to an activating group) is 1. The normalized spacial score (nSPS) is 12.2. The van der Waals surface area contributed by atoms with Crippen molar-refractivity contribution in [3.05, 3.63) is 65.5 Å². The van der Waals surface area contributed by atoms with E-state index in [1.165, 1.54) is 17.0 Å². The van der Waals surface area contributed by atoms with Crippen molar-refractivity contribution in [2.24, 2.45) is 0 Å². The van der Waals surface area contributed by atoms with Crippen molar-refractivity contribution in [2.75, 3.05) is 23.7 Å². The number of nitrogens with zero attached hydrogens (tertiary/aromatic N) is 2. The molecule has 0 heterocycles. The highest BCUT2D eigenvalue weighted by molar-refractivity contribution is 7.92. The van der Waals surface area contributed by atoms with Gasteiger partial charge in [-0.05, 0) is 50.1 Å². The van der Waals surface area contributed by atoms with Gasteiger partial charge in [0.15, 0.2) is 0 Å². The van der Waals surface area contributed by atoms with Gasteiger partial charge in [-0.1, -0.05) is 36.8 Å². The zero-order valence-electron chi connectivity index (χ0n) is 18.8. The van der Waals surface area contributed by atoms with Crippen molar-refractivity contribution < 1.29 is 22.4 Å². The van der Waals surface area contributed by atoms with Gasteiger partial charge >= 0.3 is 0 Å². The molecular formula is C23H30FN3O4S. The predicted molar refractivity (Wildman–Crippen MR) is 123 cm³/mol. The second-order valence-corrected chi connectivity index (χ2v) is 9.48. The van der Waals surface area contributed by atoms with E-state index in [1.807, 2.05) is 31.2 Å². The van der Waals surface area contributed by atoms with Crippen LogP contribution >= 0.6 is 0 Å². The largest absolute Gasteiger partial charge is 0.355 e. The van der Waals surface area contributed by atoms with Crippen LogP contribution in [0.25, 0.3) is 0 Å². The van der Waals surface area contributed by atoms with Gasteiger partial charge in [0.25, 0.3) is 0 Å². The Morgan fingerprint density at radius 1 is 1.09 bits per heavy atom. The van der Waals surface area contributed by atoms with Gasteiger partial charge in [0, 0.05) is 13.1 Å². The molecule has 0 spiro atoms. The second kappa shape index (κ2) is 11.1. The molecule has 0 aliphatic carbocycles. The van der Waals surface area contributed by atoms with E-state index in [-0.39, 0.29) is 18.1 Å². The van der Waals surface area contributed by atoms with E-state index in [0.717, 1.165) is 33.8 Å². The van der Waals surface area contributed by atoms with Crippen LogP contribution in [-0.2, 0) is 26.2 Å². The Hall–Kier alpha value is -2.94. The highest BCUT2D eigenvalue weighted by Crippen LogP contribution is 2.20. The highest BCUT2D eigenvalue weighted by atomic mass is 32.2. The summed E-state index contributed by atoms with van der Waals surface area (Å²) in [6.45, 7) is 5.56. The van der Waals surface area contributed by atoms with E-state index in [9.17, 15) is 22.4 Å². The van der Waals surface area contributed by atoms with Crippen molar-refractivity contribution >= 4 is 27.5 Å². The second-order valence-electron chi connectivity index (χ2n) is 7.58. The lowest BCUT2D eigenvalue weighted by atomic mass is 10.1. The third-order valence-corrected chi connectivity index (χ3v) is 6.11. The lowest BCUT2D eigenvalue weighted by Gasteiger charge is -2.32. The summed E-state index contributed by atoms with van der Waals surface area (Å²) in [6, 6.07) is 11.7. The fraction of sp³-hybridized carbons (Fsp3) is 0.391. The van der Waals surface area contributed by atoms with Crippen molar-refractivity contribution in [3.63, 3.8) is 0 Å². The lowest BCUT2D eigenvalue weighted by Crippen LogP contribution is -2.52. The average Bonchev–Trinajstić information content (AvgIpc) is 2.72.